The number of fused-ring (bicyclic) bond motifs is 3. The van der Waals surface area contributed by atoms with Crippen LogP contribution in [-0.4, -0.2) is 46.5 Å². The average Bonchev–Trinajstić information content (AvgIpc) is 3.11. The van der Waals surface area contributed by atoms with Crippen molar-refractivity contribution in [3.63, 3.8) is 0 Å². The molecule has 0 radical (unpaired) electrons. The lowest BCUT2D eigenvalue weighted by atomic mass is 9.97. The fourth-order valence-corrected chi connectivity index (χ4v) is 5.02. The van der Waals surface area contributed by atoms with Crippen LogP contribution >= 0.6 is 11.3 Å². The summed E-state index contributed by atoms with van der Waals surface area (Å²) in [6, 6.07) is 10.1. The van der Waals surface area contributed by atoms with E-state index in [0.717, 1.165) is 34.4 Å². The van der Waals surface area contributed by atoms with Crippen molar-refractivity contribution < 1.29 is 10.2 Å². The molecule has 4 rings (SSSR count). The molecule has 146 valence electrons. The van der Waals surface area contributed by atoms with E-state index >= 15 is 0 Å². The van der Waals surface area contributed by atoms with Gasteiger partial charge in [0.15, 0.2) is 5.82 Å². The quantitative estimate of drug-likeness (QED) is 0.640. The third-order valence-corrected chi connectivity index (χ3v) is 6.26. The topological polar surface area (TPSA) is 69.5 Å². The van der Waals surface area contributed by atoms with Crippen LogP contribution in [0.2, 0.25) is 0 Å². The van der Waals surface area contributed by atoms with Gasteiger partial charge in [-0.15, -0.1) is 11.3 Å². The summed E-state index contributed by atoms with van der Waals surface area (Å²) >= 11 is 1.77. The third-order valence-electron chi connectivity index (χ3n) is 5.08. The summed E-state index contributed by atoms with van der Waals surface area (Å²) in [4.78, 5) is 14.1. The molecule has 0 unspecified atom stereocenters. The molecule has 28 heavy (non-hydrogen) atoms. The molecule has 0 amide bonds. The number of aryl methyl sites for hydroxylation is 2. The Kier molecular flexibility index (Phi) is 6.00. The molecule has 1 aromatic carbocycles. The van der Waals surface area contributed by atoms with E-state index in [1.807, 2.05) is 47.4 Å². The van der Waals surface area contributed by atoms with E-state index in [2.05, 4.69) is 0 Å². The first-order chi connectivity index (χ1) is 13.8. The molecule has 0 saturated carbocycles. The molecule has 6 heteroatoms. The van der Waals surface area contributed by atoms with Crippen LogP contribution < -0.4 is 4.90 Å². The second kappa shape index (κ2) is 8.82. The molecular formula is C22H25N3O2S. The zero-order valence-corrected chi connectivity index (χ0v) is 16.7. The molecule has 5 nitrogen and oxygen atoms in total. The van der Waals surface area contributed by atoms with Crippen molar-refractivity contribution in [2.24, 2.45) is 0 Å². The van der Waals surface area contributed by atoms with Crippen molar-refractivity contribution >= 4 is 39.5 Å². The summed E-state index contributed by atoms with van der Waals surface area (Å²) in [7, 11) is 0. The number of anilines is 1. The maximum absolute atomic E-state index is 9.53. The van der Waals surface area contributed by atoms with E-state index in [0.29, 0.717) is 18.9 Å². The summed E-state index contributed by atoms with van der Waals surface area (Å²) < 4.78 is 0. The van der Waals surface area contributed by atoms with Gasteiger partial charge in [-0.25, -0.2) is 9.97 Å². The first-order valence-electron chi connectivity index (χ1n) is 9.82. The highest BCUT2D eigenvalue weighted by atomic mass is 32.1. The van der Waals surface area contributed by atoms with Crippen LogP contribution in [0.15, 0.2) is 30.3 Å². The summed E-state index contributed by atoms with van der Waals surface area (Å²) in [5, 5.41) is 20.2. The van der Waals surface area contributed by atoms with E-state index in [1.54, 1.807) is 11.3 Å². The predicted molar refractivity (Wildman–Crippen MR) is 116 cm³/mol. The summed E-state index contributed by atoms with van der Waals surface area (Å²) in [6.45, 7) is 0.929. The molecule has 0 saturated heterocycles. The molecule has 2 N–H and O–H groups in total. The van der Waals surface area contributed by atoms with Gasteiger partial charge < -0.3 is 15.1 Å². The lowest BCUT2D eigenvalue weighted by molar-refractivity contribution is 0.281. The number of aromatic nitrogens is 2. The van der Waals surface area contributed by atoms with Gasteiger partial charge in [-0.1, -0.05) is 36.4 Å². The van der Waals surface area contributed by atoms with Crippen molar-refractivity contribution in [3.8, 4) is 0 Å². The Morgan fingerprint density at radius 1 is 0.964 bits per heavy atom. The van der Waals surface area contributed by atoms with E-state index in [9.17, 15) is 10.2 Å². The molecular weight excluding hydrogens is 370 g/mol. The largest absolute Gasteiger partial charge is 0.395 e. The van der Waals surface area contributed by atoms with Crippen LogP contribution in [-0.2, 0) is 12.8 Å². The fraction of sp³-hybridized carbons (Fsp3) is 0.364. The highest BCUT2D eigenvalue weighted by molar-refractivity contribution is 7.19. The van der Waals surface area contributed by atoms with Crippen molar-refractivity contribution in [1.29, 1.82) is 0 Å². The zero-order valence-electron chi connectivity index (χ0n) is 15.8. The minimum absolute atomic E-state index is 0.0208. The van der Waals surface area contributed by atoms with Gasteiger partial charge in [0.1, 0.15) is 10.6 Å². The van der Waals surface area contributed by atoms with Crippen LogP contribution in [0.5, 0.6) is 0 Å². The first kappa shape index (κ1) is 19.1. The second-order valence-electron chi connectivity index (χ2n) is 6.97. The Labute approximate surface area is 169 Å². The zero-order chi connectivity index (χ0) is 19.3. The van der Waals surface area contributed by atoms with Gasteiger partial charge in [-0.05, 0) is 42.9 Å². The lowest BCUT2D eigenvalue weighted by Gasteiger charge is -2.23. The van der Waals surface area contributed by atoms with Gasteiger partial charge in [0.2, 0.25) is 0 Å². The van der Waals surface area contributed by atoms with Crippen molar-refractivity contribution in [2.45, 2.75) is 25.7 Å². The van der Waals surface area contributed by atoms with E-state index in [1.165, 1.54) is 23.3 Å². The Bertz CT molecular complexity index is 963. The Morgan fingerprint density at radius 2 is 1.71 bits per heavy atom. The molecule has 0 spiro atoms. The van der Waals surface area contributed by atoms with Crippen LogP contribution in [0.4, 0.5) is 5.82 Å². The molecule has 1 aliphatic carbocycles. The summed E-state index contributed by atoms with van der Waals surface area (Å²) in [5.41, 5.74) is 2.46. The van der Waals surface area contributed by atoms with E-state index in [4.69, 9.17) is 9.97 Å². The number of aliphatic hydroxyl groups is 2. The summed E-state index contributed by atoms with van der Waals surface area (Å²) in [5.74, 6) is 1.49. The molecule has 1 aliphatic rings. The molecule has 0 bridgehead atoms. The number of aliphatic hydroxyl groups excluding tert-OH is 2. The minimum atomic E-state index is 0.0208. The first-order valence-corrected chi connectivity index (χ1v) is 10.6. The van der Waals surface area contributed by atoms with Gasteiger partial charge in [0.05, 0.1) is 18.6 Å². The molecule has 0 aliphatic heterocycles. The SMILES string of the molecule is OCCN(CCO)c1nc(/C=C\c2ccccc2)nc2sc3c(c12)CCCC3. The van der Waals surface area contributed by atoms with Crippen molar-refractivity contribution in [3.05, 3.63) is 52.2 Å². The highest BCUT2D eigenvalue weighted by Gasteiger charge is 2.23. The smallest absolute Gasteiger partial charge is 0.155 e. The molecule has 0 atom stereocenters. The number of benzene rings is 1. The number of thiophene rings is 1. The minimum Gasteiger partial charge on any atom is -0.395 e. The van der Waals surface area contributed by atoms with Crippen LogP contribution in [0, 0.1) is 0 Å². The van der Waals surface area contributed by atoms with Crippen molar-refractivity contribution in [2.75, 3.05) is 31.2 Å². The van der Waals surface area contributed by atoms with Crippen LogP contribution in [0.25, 0.3) is 22.4 Å². The standard InChI is InChI=1S/C22H25N3O2S/c26-14-12-25(13-15-27)21-20-17-8-4-5-9-18(17)28-22(20)24-19(23-21)11-10-16-6-2-1-3-7-16/h1-3,6-7,10-11,26-27H,4-5,8-9,12-15H2/b11-10-. The third kappa shape index (κ3) is 3.94. The Morgan fingerprint density at radius 3 is 2.46 bits per heavy atom. The maximum Gasteiger partial charge on any atom is 0.155 e. The fourth-order valence-electron chi connectivity index (χ4n) is 3.76. The van der Waals surface area contributed by atoms with Gasteiger partial charge in [-0.3, -0.25) is 0 Å². The number of hydrogen-bond donors (Lipinski definition) is 2. The Hall–Kier alpha value is -2.28. The monoisotopic (exact) mass is 395 g/mol. The van der Waals surface area contributed by atoms with Crippen LogP contribution in [0.1, 0.15) is 34.7 Å². The summed E-state index contributed by atoms with van der Waals surface area (Å²) in [6.07, 6.45) is 8.52. The number of nitrogens with zero attached hydrogens (tertiary/aromatic N) is 3. The Balaban J connectivity index is 1.82. The van der Waals surface area contributed by atoms with Gasteiger partial charge in [-0.2, -0.15) is 0 Å². The van der Waals surface area contributed by atoms with Crippen LogP contribution in [0.3, 0.4) is 0 Å². The lowest BCUT2D eigenvalue weighted by Crippen LogP contribution is -2.31. The predicted octanol–water partition coefficient (Wildman–Crippen LogP) is 3.53. The molecule has 0 fully saturated rings. The number of rotatable bonds is 7. The number of hydrogen-bond acceptors (Lipinski definition) is 6. The van der Waals surface area contributed by atoms with E-state index in [-0.39, 0.29) is 13.2 Å². The van der Waals surface area contributed by atoms with Crippen molar-refractivity contribution in [1.82, 2.24) is 9.97 Å². The van der Waals surface area contributed by atoms with Gasteiger partial charge in [0, 0.05) is 18.0 Å². The van der Waals surface area contributed by atoms with Gasteiger partial charge in [0.25, 0.3) is 0 Å². The van der Waals surface area contributed by atoms with Gasteiger partial charge >= 0.3 is 0 Å². The molecule has 3 aromatic rings. The second-order valence-corrected chi connectivity index (χ2v) is 8.06. The average molecular weight is 396 g/mol. The van der Waals surface area contributed by atoms with E-state index < -0.39 is 0 Å². The highest BCUT2D eigenvalue weighted by Crippen LogP contribution is 2.39. The molecule has 2 aromatic heterocycles. The maximum atomic E-state index is 9.53. The molecule has 2 heterocycles. The normalized spacial score (nSPS) is 13.9.